The van der Waals surface area contributed by atoms with Crippen molar-refractivity contribution in [1.82, 2.24) is 7.65 Å². The molecule has 0 N–H and O–H groups in total. The van der Waals surface area contributed by atoms with Crippen molar-refractivity contribution in [2.45, 2.75) is 28.3 Å². The molecule has 0 radical (unpaired) electrons. The summed E-state index contributed by atoms with van der Waals surface area (Å²) in [7, 11) is -8.28. The van der Waals surface area contributed by atoms with E-state index < -0.39 is 32.1 Å². The molecule has 0 aliphatic rings. The van der Waals surface area contributed by atoms with E-state index in [9.17, 15) is 16.8 Å². The molecule has 192 valence electrons. The van der Waals surface area contributed by atoms with Gasteiger partial charge in [-0.2, -0.15) is 0 Å². The second-order valence-electron chi connectivity index (χ2n) is 8.21. The fraction of sp³-hybridized carbons (Fsp3) is 0.111. The normalized spacial score (nSPS) is 13.9. The summed E-state index contributed by atoms with van der Waals surface area (Å²) in [4.78, 5) is 0.0312. The summed E-state index contributed by atoms with van der Waals surface area (Å²) in [5.41, 5.74) is 1.17. The van der Waals surface area contributed by atoms with Gasteiger partial charge < -0.3 is 0 Å². The summed E-state index contributed by atoms with van der Waals surface area (Å²) in [6.07, 6.45) is -0.0564. The molecule has 6 nitrogen and oxygen atoms in total. The quantitative estimate of drug-likeness (QED) is 0.201. The number of nitrogens with zero attached hydrogens (tertiary/aromatic N) is 2. The van der Waals surface area contributed by atoms with Gasteiger partial charge in [0.2, 0.25) is 0 Å². The molecule has 0 spiro atoms. The predicted octanol–water partition coefficient (Wildman–Crippen LogP) is 6.55. The molecule has 4 rings (SSSR count). The topological polar surface area (TPSA) is 74.8 Å². The Labute approximate surface area is 228 Å². The Kier molecular flexibility index (Phi) is 8.69. The monoisotopic (exact) mass is 574 g/mol. The molecule has 0 heterocycles. The molecule has 37 heavy (non-hydrogen) atoms. The first-order chi connectivity index (χ1) is 17.7. The number of sulfonamides is 2. The first-order valence-electron chi connectivity index (χ1n) is 11.3. The average Bonchev–Trinajstić information content (AvgIpc) is 2.95. The molecular weight excluding hydrogens is 551 g/mol. The van der Waals surface area contributed by atoms with E-state index in [0.29, 0.717) is 11.1 Å². The summed E-state index contributed by atoms with van der Waals surface area (Å²) >= 11 is 13.2. The minimum atomic E-state index is -4.14. The Morgan fingerprint density at radius 3 is 1.05 bits per heavy atom. The van der Waals surface area contributed by atoms with Gasteiger partial charge >= 0.3 is 0 Å². The summed E-state index contributed by atoms with van der Waals surface area (Å²) < 4.78 is 55.4. The van der Waals surface area contributed by atoms with Crippen LogP contribution in [0.25, 0.3) is 0 Å². The maximum Gasteiger partial charge on any atom is 0.257 e. The van der Waals surface area contributed by atoms with Gasteiger partial charge in [0.25, 0.3) is 20.0 Å². The maximum absolute atomic E-state index is 13.5. The van der Waals surface area contributed by atoms with Crippen LogP contribution in [0, 0.1) is 0 Å². The number of hydrogen-bond donors (Lipinski definition) is 0. The Hall–Kier alpha value is -2.72. The SMILES string of the molecule is O=S(=O)(c1ccccc1)N(Cl)C(CC(c1ccccc1)N(Cl)S(=O)(=O)c1ccccc1)c1ccccc1. The number of hydrogen-bond acceptors (Lipinski definition) is 4. The highest BCUT2D eigenvalue weighted by Gasteiger charge is 2.38. The lowest BCUT2D eigenvalue weighted by atomic mass is 9.96. The molecule has 4 aromatic carbocycles. The van der Waals surface area contributed by atoms with E-state index in [4.69, 9.17) is 23.6 Å². The van der Waals surface area contributed by atoms with Crippen LogP contribution < -0.4 is 0 Å². The van der Waals surface area contributed by atoms with Gasteiger partial charge in [0.15, 0.2) is 0 Å². The van der Waals surface area contributed by atoms with Crippen molar-refractivity contribution in [3.8, 4) is 0 Å². The first-order valence-corrected chi connectivity index (χ1v) is 14.9. The minimum Gasteiger partial charge on any atom is -0.206 e. The van der Waals surface area contributed by atoms with Crippen LogP contribution in [0.4, 0.5) is 0 Å². The molecule has 0 aromatic heterocycles. The van der Waals surface area contributed by atoms with Crippen molar-refractivity contribution in [1.29, 1.82) is 0 Å². The minimum absolute atomic E-state index is 0.0156. The van der Waals surface area contributed by atoms with Crippen molar-refractivity contribution in [3.63, 3.8) is 0 Å². The van der Waals surface area contributed by atoms with Gasteiger partial charge in [-0.15, -0.1) is 7.65 Å². The Balaban J connectivity index is 1.80. The predicted molar refractivity (Wildman–Crippen MR) is 146 cm³/mol. The van der Waals surface area contributed by atoms with Crippen LogP contribution in [-0.4, -0.2) is 24.5 Å². The lowest BCUT2D eigenvalue weighted by Crippen LogP contribution is -2.33. The van der Waals surface area contributed by atoms with Gasteiger partial charge in [-0.25, -0.2) is 16.8 Å². The second kappa shape index (κ2) is 11.8. The van der Waals surface area contributed by atoms with E-state index in [-0.39, 0.29) is 16.2 Å². The van der Waals surface area contributed by atoms with Crippen LogP contribution >= 0.6 is 23.6 Å². The largest absolute Gasteiger partial charge is 0.257 e. The Morgan fingerprint density at radius 1 is 0.486 bits per heavy atom. The molecule has 0 aliphatic carbocycles. The zero-order chi connectivity index (χ0) is 26.5. The van der Waals surface area contributed by atoms with Crippen LogP contribution in [0.1, 0.15) is 29.6 Å². The third-order valence-electron chi connectivity index (χ3n) is 5.85. The van der Waals surface area contributed by atoms with Crippen molar-refractivity contribution >= 4 is 43.6 Å². The highest BCUT2D eigenvalue weighted by atomic mass is 35.5. The number of halogens is 2. The summed E-state index contributed by atoms with van der Waals surface area (Å²) in [5, 5.41) is 0. The smallest absolute Gasteiger partial charge is 0.206 e. The molecule has 0 fully saturated rings. The van der Waals surface area contributed by atoms with Gasteiger partial charge in [-0.1, -0.05) is 97.1 Å². The van der Waals surface area contributed by atoms with Crippen molar-refractivity contribution in [2.75, 3.05) is 0 Å². The third-order valence-corrected chi connectivity index (χ3v) is 10.6. The van der Waals surface area contributed by atoms with Crippen LogP contribution in [-0.2, 0) is 20.0 Å². The molecule has 0 saturated carbocycles. The summed E-state index contributed by atoms with van der Waals surface area (Å²) in [6.45, 7) is 0. The average molecular weight is 576 g/mol. The Bertz CT molecular complexity index is 1390. The first kappa shape index (κ1) is 27.3. The lowest BCUT2D eigenvalue weighted by molar-refractivity contribution is 0.348. The van der Waals surface area contributed by atoms with Crippen molar-refractivity contribution < 1.29 is 16.8 Å². The Morgan fingerprint density at radius 2 is 0.757 bits per heavy atom. The standard InChI is InChI=1S/C27H24Cl2N2O4S2/c28-30(36(32,33)24-17-9-3-10-18-24)26(22-13-5-1-6-14-22)21-27(23-15-7-2-8-16-23)31(29)37(34,35)25-19-11-4-12-20-25/h1-20,26-27H,21H2. The van der Waals surface area contributed by atoms with E-state index in [1.165, 1.54) is 24.3 Å². The van der Waals surface area contributed by atoms with Gasteiger partial charge in [0, 0.05) is 0 Å². The van der Waals surface area contributed by atoms with Gasteiger partial charge in [0.05, 0.1) is 21.9 Å². The zero-order valence-corrected chi connectivity index (χ0v) is 22.7. The van der Waals surface area contributed by atoms with Crippen LogP contribution in [0.3, 0.4) is 0 Å². The van der Waals surface area contributed by atoms with E-state index in [1.54, 1.807) is 97.1 Å². The highest BCUT2D eigenvalue weighted by Crippen LogP contribution is 2.41. The summed E-state index contributed by atoms with van der Waals surface area (Å²) in [6, 6.07) is 31.4. The van der Waals surface area contributed by atoms with E-state index in [2.05, 4.69) is 0 Å². The van der Waals surface area contributed by atoms with Crippen LogP contribution in [0.15, 0.2) is 131 Å². The molecule has 0 bridgehead atoms. The van der Waals surface area contributed by atoms with Crippen molar-refractivity contribution in [3.05, 3.63) is 132 Å². The molecular formula is C27H24Cl2N2O4S2. The highest BCUT2D eigenvalue weighted by molar-refractivity contribution is 7.90. The third kappa shape index (κ3) is 6.06. The molecule has 4 aromatic rings. The van der Waals surface area contributed by atoms with E-state index in [1.807, 2.05) is 0 Å². The molecule has 0 amide bonds. The molecule has 0 aliphatic heterocycles. The second-order valence-corrected chi connectivity index (χ2v) is 13.0. The number of benzene rings is 4. The van der Waals surface area contributed by atoms with Crippen LogP contribution in [0.2, 0.25) is 0 Å². The van der Waals surface area contributed by atoms with Gasteiger partial charge in [-0.05, 0) is 65.4 Å². The molecule has 2 unspecified atom stereocenters. The maximum atomic E-state index is 13.5. The molecule has 2 atom stereocenters. The summed E-state index contributed by atoms with van der Waals surface area (Å²) in [5.74, 6) is 0. The van der Waals surface area contributed by atoms with Gasteiger partial charge in [-0.3, -0.25) is 0 Å². The molecule has 10 heteroatoms. The van der Waals surface area contributed by atoms with Crippen LogP contribution in [0.5, 0.6) is 0 Å². The fourth-order valence-corrected chi connectivity index (χ4v) is 7.31. The van der Waals surface area contributed by atoms with Crippen molar-refractivity contribution in [2.24, 2.45) is 0 Å². The number of rotatable bonds is 10. The zero-order valence-electron chi connectivity index (χ0n) is 19.5. The van der Waals surface area contributed by atoms with E-state index >= 15 is 0 Å². The molecule has 0 saturated heterocycles. The van der Waals surface area contributed by atoms with E-state index in [0.717, 1.165) is 7.65 Å². The lowest BCUT2D eigenvalue weighted by Gasteiger charge is -2.32. The fourth-order valence-electron chi connectivity index (χ4n) is 3.96. The van der Waals surface area contributed by atoms with Gasteiger partial charge in [0.1, 0.15) is 0 Å².